The van der Waals surface area contributed by atoms with Gasteiger partial charge in [-0.15, -0.1) is 0 Å². The predicted octanol–water partition coefficient (Wildman–Crippen LogP) is 4.39. The Kier molecular flexibility index (Phi) is 4.26. The third-order valence-electron chi connectivity index (χ3n) is 4.06. The standard InChI is InChI=1S/C15H14ClFIN3O2/c1-7-6-20-14(8(2)21(7)15(22)23)12(18)13(19-20)10-4-3-9(16)5-11(10)17/h3-5,7-8H,6H2,1-2H3,(H,22,23)/t7-,8?/m1/s1. The summed E-state index contributed by atoms with van der Waals surface area (Å²) in [6, 6.07) is 3.91. The van der Waals surface area contributed by atoms with E-state index in [1.165, 1.54) is 11.0 Å². The van der Waals surface area contributed by atoms with Crippen molar-refractivity contribution < 1.29 is 14.3 Å². The maximum absolute atomic E-state index is 14.2. The maximum atomic E-state index is 14.2. The van der Waals surface area contributed by atoms with Gasteiger partial charge < -0.3 is 5.11 Å². The molecule has 3 rings (SSSR count). The SMILES string of the molecule is CC1c2c(I)c(-c3ccc(Cl)cc3F)nn2C[C@@H](C)N1C(=O)O. The number of amides is 1. The molecule has 0 bridgehead atoms. The Bertz CT molecular complexity index is 795. The molecule has 8 heteroatoms. The molecule has 0 aliphatic carbocycles. The molecule has 2 heterocycles. The summed E-state index contributed by atoms with van der Waals surface area (Å²) in [5, 5.41) is 14.2. The summed E-state index contributed by atoms with van der Waals surface area (Å²) in [6.45, 7) is 4.10. The van der Waals surface area contributed by atoms with Gasteiger partial charge in [-0.05, 0) is 54.6 Å². The van der Waals surface area contributed by atoms with Gasteiger partial charge in [-0.1, -0.05) is 11.6 Å². The normalized spacial score (nSPS) is 20.5. The third-order valence-corrected chi connectivity index (χ3v) is 5.36. The van der Waals surface area contributed by atoms with Gasteiger partial charge in [0.1, 0.15) is 11.5 Å². The number of halogens is 3. The van der Waals surface area contributed by atoms with Crippen molar-refractivity contribution in [2.45, 2.75) is 32.5 Å². The minimum Gasteiger partial charge on any atom is -0.465 e. The second-order valence-corrected chi connectivity index (χ2v) is 7.08. The summed E-state index contributed by atoms with van der Waals surface area (Å²) >= 11 is 7.90. The Balaban J connectivity index is 2.13. The van der Waals surface area contributed by atoms with E-state index in [4.69, 9.17) is 11.6 Å². The molecule has 1 amide bonds. The molecule has 0 fully saturated rings. The van der Waals surface area contributed by atoms with Crippen LogP contribution < -0.4 is 0 Å². The molecule has 0 saturated carbocycles. The second kappa shape index (κ2) is 5.94. The van der Waals surface area contributed by atoms with Gasteiger partial charge in [0.2, 0.25) is 0 Å². The Morgan fingerprint density at radius 3 is 2.78 bits per heavy atom. The Hall–Kier alpha value is -1.35. The van der Waals surface area contributed by atoms with Crippen molar-refractivity contribution in [1.29, 1.82) is 0 Å². The average Bonchev–Trinajstić information content (AvgIpc) is 2.75. The van der Waals surface area contributed by atoms with Crippen LogP contribution in [0, 0.1) is 9.39 Å². The first-order valence-corrected chi connectivity index (χ1v) is 8.49. The van der Waals surface area contributed by atoms with E-state index < -0.39 is 11.9 Å². The highest BCUT2D eigenvalue weighted by Gasteiger charge is 2.36. The highest BCUT2D eigenvalue weighted by Crippen LogP contribution is 2.37. The van der Waals surface area contributed by atoms with Crippen LogP contribution in [-0.2, 0) is 6.54 Å². The number of carbonyl (C=O) groups is 1. The van der Waals surface area contributed by atoms with Crippen LogP contribution in [0.15, 0.2) is 18.2 Å². The third kappa shape index (κ3) is 2.69. The van der Waals surface area contributed by atoms with E-state index in [2.05, 4.69) is 27.7 Å². The Morgan fingerprint density at radius 1 is 1.48 bits per heavy atom. The molecule has 0 radical (unpaired) electrons. The molecule has 1 N–H and O–H groups in total. The van der Waals surface area contributed by atoms with Crippen LogP contribution in [0.25, 0.3) is 11.3 Å². The summed E-state index contributed by atoms with van der Waals surface area (Å²) in [6.07, 6.45) is -0.965. The molecule has 23 heavy (non-hydrogen) atoms. The number of aromatic nitrogens is 2. The molecule has 5 nitrogen and oxygen atoms in total. The summed E-state index contributed by atoms with van der Waals surface area (Å²) < 4.78 is 16.8. The number of carboxylic acid groups (broad SMARTS) is 1. The van der Waals surface area contributed by atoms with Crippen LogP contribution in [0.5, 0.6) is 0 Å². The van der Waals surface area contributed by atoms with Gasteiger partial charge in [0.15, 0.2) is 0 Å². The Morgan fingerprint density at radius 2 is 2.17 bits per heavy atom. The molecule has 1 aromatic carbocycles. The van der Waals surface area contributed by atoms with Gasteiger partial charge in [0.25, 0.3) is 0 Å². The van der Waals surface area contributed by atoms with Crippen LogP contribution in [-0.4, -0.2) is 31.9 Å². The van der Waals surface area contributed by atoms with Gasteiger partial charge in [-0.25, -0.2) is 9.18 Å². The minimum atomic E-state index is -0.965. The molecule has 0 saturated heterocycles. The van der Waals surface area contributed by atoms with E-state index in [9.17, 15) is 14.3 Å². The average molecular weight is 450 g/mol. The lowest BCUT2D eigenvalue weighted by Crippen LogP contribution is -2.46. The van der Waals surface area contributed by atoms with E-state index in [0.717, 1.165) is 9.26 Å². The van der Waals surface area contributed by atoms with Crippen molar-refractivity contribution in [3.8, 4) is 11.3 Å². The largest absolute Gasteiger partial charge is 0.465 e. The molecule has 122 valence electrons. The highest BCUT2D eigenvalue weighted by atomic mass is 127. The number of nitrogens with zero attached hydrogens (tertiary/aromatic N) is 3. The number of hydrogen-bond donors (Lipinski definition) is 1. The highest BCUT2D eigenvalue weighted by molar-refractivity contribution is 14.1. The molecule has 2 atom stereocenters. The molecule has 1 aromatic heterocycles. The van der Waals surface area contributed by atoms with Crippen molar-refractivity contribution in [1.82, 2.24) is 14.7 Å². The van der Waals surface area contributed by atoms with Gasteiger partial charge in [-0.2, -0.15) is 5.10 Å². The Labute approximate surface area is 151 Å². The topological polar surface area (TPSA) is 58.4 Å². The van der Waals surface area contributed by atoms with Crippen molar-refractivity contribution in [3.63, 3.8) is 0 Å². The van der Waals surface area contributed by atoms with Crippen molar-refractivity contribution >= 4 is 40.3 Å². The molecular formula is C15H14ClFIN3O2. The summed E-state index contributed by atoms with van der Waals surface area (Å²) in [4.78, 5) is 12.9. The first-order valence-electron chi connectivity index (χ1n) is 7.04. The quantitative estimate of drug-likeness (QED) is 0.657. The predicted molar refractivity (Wildman–Crippen MR) is 93.1 cm³/mol. The van der Waals surface area contributed by atoms with E-state index in [1.807, 2.05) is 13.8 Å². The molecule has 0 spiro atoms. The molecule has 2 aromatic rings. The fraction of sp³-hybridized carbons (Fsp3) is 0.333. The van der Waals surface area contributed by atoms with Crippen LogP contribution in [0.4, 0.5) is 9.18 Å². The van der Waals surface area contributed by atoms with Crippen molar-refractivity contribution in [3.05, 3.63) is 38.3 Å². The molecule has 1 aliphatic heterocycles. The number of fused-ring (bicyclic) bond motifs is 1. The molecule has 1 unspecified atom stereocenters. The van der Waals surface area contributed by atoms with Crippen LogP contribution in [0.2, 0.25) is 5.02 Å². The van der Waals surface area contributed by atoms with Gasteiger partial charge in [0.05, 0.1) is 27.9 Å². The smallest absolute Gasteiger partial charge is 0.408 e. The minimum absolute atomic E-state index is 0.200. The lowest BCUT2D eigenvalue weighted by Gasteiger charge is -2.37. The number of benzene rings is 1. The van der Waals surface area contributed by atoms with E-state index in [0.29, 0.717) is 22.8 Å². The first-order chi connectivity index (χ1) is 10.8. The van der Waals surface area contributed by atoms with Crippen LogP contribution in [0.3, 0.4) is 0 Å². The van der Waals surface area contributed by atoms with Crippen molar-refractivity contribution in [2.24, 2.45) is 0 Å². The zero-order valence-electron chi connectivity index (χ0n) is 12.4. The van der Waals surface area contributed by atoms with Crippen LogP contribution in [0.1, 0.15) is 25.6 Å². The van der Waals surface area contributed by atoms with E-state index >= 15 is 0 Å². The molecular weight excluding hydrogens is 436 g/mol. The lowest BCUT2D eigenvalue weighted by atomic mass is 10.1. The van der Waals surface area contributed by atoms with Crippen molar-refractivity contribution in [2.75, 3.05) is 0 Å². The second-order valence-electron chi connectivity index (χ2n) is 5.57. The summed E-state index contributed by atoms with van der Waals surface area (Å²) in [5.41, 5.74) is 1.67. The number of hydrogen-bond acceptors (Lipinski definition) is 2. The van der Waals surface area contributed by atoms with E-state index in [-0.39, 0.29) is 12.1 Å². The summed E-state index contributed by atoms with van der Waals surface area (Å²) in [5.74, 6) is -0.443. The lowest BCUT2D eigenvalue weighted by molar-refractivity contribution is 0.0832. The molecule has 1 aliphatic rings. The van der Waals surface area contributed by atoms with Crippen LogP contribution >= 0.6 is 34.2 Å². The zero-order chi connectivity index (χ0) is 16.9. The van der Waals surface area contributed by atoms with Gasteiger partial charge in [-0.3, -0.25) is 9.58 Å². The fourth-order valence-corrected chi connectivity index (χ4v) is 4.34. The van der Waals surface area contributed by atoms with Gasteiger partial charge in [0, 0.05) is 10.6 Å². The number of rotatable bonds is 1. The summed E-state index contributed by atoms with van der Waals surface area (Å²) in [7, 11) is 0. The maximum Gasteiger partial charge on any atom is 0.408 e. The van der Waals surface area contributed by atoms with E-state index in [1.54, 1.807) is 16.8 Å². The first kappa shape index (κ1) is 16.5. The fourth-order valence-electron chi connectivity index (χ4n) is 3.05. The zero-order valence-corrected chi connectivity index (χ0v) is 15.3. The van der Waals surface area contributed by atoms with Gasteiger partial charge >= 0.3 is 6.09 Å². The monoisotopic (exact) mass is 449 g/mol.